The summed E-state index contributed by atoms with van der Waals surface area (Å²) in [6.45, 7) is 1.66. The summed E-state index contributed by atoms with van der Waals surface area (Å²) in [5.74, 6) is -1.89. The minimum Gasteiger partial charge on any atom is -0.331 e. The lowest BCUT2D eigenvalue weighted by molar-refractivity contribution is 0.249. The van der Waals surface area contributed by atoms with E-state index in [4.69, 9.17) is 0 Å². The van der Waals surface area contributed by atoms with E-state index < -0.39 is 34.5 Å². The highest BCUT2D eigenvalue weighted by molar-refractivity contribution is 7.84. The van der Waals surface area contributed by atoms with Crippen molar-refractivity contribution < 1.29 is 17.8 Å². The van der Waals surface area contributed by atoms with Crippen LogP contribution in [0.5, 0.6) is 0 Å². The molecule has 7 heteroatoms. The number of hydrogen-bond donors (Lipinski definition) is 2. The molecule has 2 aromatic carbocycles. The van der Waals surface area contributed by atoms with Crippen molar-refractivity contribution in [1.29, 1.82) is 0 Å². The highest BCUT2D eigenvalue weighted by Gasteiger charge is 2.12. The molecule has 2 atom stereocenters. The zero-order chi connectivity index (χ0) is 17.0. The van der Waals surface area contributed by atoms with Gasteiger partial charge in [-0.3, -0.25) is 4.21 Å². The molecule has 2 rings (SSSR count). The Bertz CT molecular complexity index is 735. The van der Waals surface area contributed by atoms with E-state index in [0.717, 1.165) is 12.1 Å². The van der Waals surface area contributed by atoms with Gasteiger partial charge < -0.3 is 10.6 Å². The van der Waals surface area contributed by atoms with Gasteiger partial charge in [-0.05, 0) is 48.9 Å². The molecule has 0 aliphatic carbocycles. The molecule has 4 nitrogen and oxygen atoms in total. The summed E-state index contributed by atoms with van der Waals surface area (Å²) in [6.07, 6.45) is 1.57. The molecule has 0 radical (unpaired) electrons. The lowest BCUT2D eigenvalue weighted by atomic mass is 10.1. The van der Waals surface area contributed by atoms with E-state index in [1.54, 1.807) is 37.4 Å². The van der Waals surface area contributed by atoms with Gasteiger partial charge in [0.1, 0.15) is 0 Å². The topological polar surface area (TPSA) is 58.2 Å². The largest absolute Gasteiger partial charge is 0.331 e. The number of urea groups is 1. The second kappa shape index (κ2) is 7.32. The second-order valence-electron chi connectivity index (χ2n) is 4.97. The second-order valence-corrected chi connectivity index (χ2v) is 6.35. The van der Waals surface area contributed by atoms with Crippen LogP contribution < -0.4 is 10.6 Å². The summed E-state index contributed by atoms with van der Waals surface area (Å²) in [6, 6.07) is 9.09. The molecular formula is C16H16F2N2O2S. The molecule has 2 N–H and O–H groups in total. The molecule has 0 aromatic heterocycles. The number of hydrogen-bond acceptors (Lipinski definition) is 2. The first-order valence-corrected chi connectivity index (χ1v) is 8.38. The number of halogens is 2. The number of carbonyl (C=O) groups is 1. The Labute approximate surface area is 135 Å². The maximum Gasteiger partial charge on any atom is 0.319 e. The van der Waals surface area contributed by atoms with Crippen LogP contribution in [-0.4, -0.2) is 16.5 Å². The number of nitrogens with one attached hydrogen (secondary N) is 2. The molecule has 0 aliphatic rings. The predicted molar refractivity (Wildman–Crippen MR) is 85.7 cm³/mol. The Morgan fingerprint density at radius 2 is 1.74 bits per heavy atom. The first kappa shape index (κ1) is 17.1. The van der Waals surface area contributed by atoms with Gasteiger partial charge >= 0.3 is 6.03 Å². The third kappa shape index (κ3) is 4.59. The van der Waals surface area contributed by atoms with Crippen LogP contribution in [0.15, 0.2) is 47.4 Å². The zero-order valence-corrected chi connectivity index (χ0v) is 13.4. The van der Waals surface area contributed by atoms with Crippen LogP contribution in [0.25, 0.3) is 0 Å². The van der Waals surface area contributed by atoms with Crippen LogP contribution in [0.2, 0.25) is 0 Å². The summed E-state index contributed by atoms with van der Waals surface area (Å²) >= 11 is 0. The van der Waals surface area contributed by atoms with Crippen LogP contribution in [0, 0.1) is 11.6 Å². The predicted octanol–water partition coefficient (Wildman–Crippen LogP) is 3.58. The van der Waals surface area contributed by atoms with Gasteiger partial charge in [-0.2, -0.15) is 0 Å². The van der Waals surface area contributed by atoms with E-state index in [1.165, 1.54) is 6.07 Å². The third-order valence-electron chi connectivity index (χ3n) is 3.24. The van der Waals surface area contributed by atoms with Gasteiger partial charge in [0.05, 0.1) is 6.04 Å². The highest BCUT2D eigenvalue weighted by Crippen LogP contribution is 2.17. The van der Waals surface area contributed by atoms with E-state index in [-0.39, 0.29) is 0 Å². The molecule has 0 bridgehead atoms. The van der Waals surface area contributed by atoms with E-state index in [2.05, 4.69) is 10.6 Å². The van der Waals surface area contributed by atoms with Gasteiger partial charge in [-0.15, -0.1) is 0 Å². The molecule has 0 saturated carbocycles. The Hall–Kier alpha value is -2.28. The number of amides is 2. The van der Waals surface area contributed by atoms with Gasteiger partial charge in [0.15, 0.2) is 11.6 Å². The molecule has 0 fully saturated rings. The number of benzene rings is 2. The fourth-order valence-electron chi connectivity index (χ4n) is 1.96. The van der Waals surface area contributed by atoms with E-state index in [1.807, 2.05) is 0 Å². The monoisotopic (exact) mass is 338 g/mol. The van der Waals surface area contributed by atoms with Gasteiger partial charge in [-0.25, -0.2) is 13.6 Å². The first-order chi connectivity index (χ1) is 10.9. The van der Waals surface area contributed by atoms with Crippen molar-refractivity contribution >= 4 is 22.5 Å². The zero-order valence-electron chi connectivity index (χ0n) is 12.6. The molecular weight excluding hydrogens is 322 g/mol. The van der Waals surface area contributed by atoms with Crippen molar-refractivity contribution in [2.45, 2.75) is 17.9 Å². The molecule has 0 aliphatic heterocycles. The van der Waals surface area contributed by atoms with Crippen LogP contribution in [0.3, 0.4) is 0 Å². The Morgan fingerprint density at radius 1 is 1.09 bits per heavy atom. The maximum atomic E-state index is 13.2. The standard InChI is InChI=1S/C16H16F2N2O2S/c1-10(11-3-8-14(17)15(18)9-11)19-16(21)20-12-4-6-13(7-5-12)23(2)22/h3-10H,1-2H3,(H2,19,20,21)/t10-,23-/m1/s1. The van der Waals surface area contributed by atoms with Crippen molar-refractivity contribution in [2.24, 2.45) is 0 Å². The van der Waals surface area contributed by atoms with Crippen molar-refractivity contribution in [3.05, 3.63) is 59.7 Å². The Morgan fingerprint density at radius 3 is 2.30 bits per heavy atom. The minimum absolute atomic E-state index is 0.454. The van der Waals surface area contributed by atoms with E-state index >= 15 is 0 Å². The summed E-state index contributed by atoms with van der Waals surface area (Å²) in [7, 11) is -1.08. The fourth-order valence-corrected chi connectivity index (χ4v) is 2.48. The van der Waals surface area contributed by atoms with Gasteiger partial charge in [0.2, 0.25) is 0 Å². The fraction of sp³-hybridized carbons (Fsp3) is 0.188. The van der Waals surface area contributed by atoms with Gasteiger partial charge in [0.25, 0.3) is 0 Å². The summed E-state index contributed by atoms with van der Waals surface area (Å²) in [5.41, 5.74) is 0.991. The van der Waals surface area contributed by atoms with Crippen molar-refractivity contribution in [2.75, 3.05) is 11.6 Å². The quantitative estimate of drug-likeness (QED) is 0.895. The van der Waals surface area contributed by atoms with E-state index in [0.29, 0.717) is 16.1 Å². The van der Waals surface area contributed by atoms with Crippen LogP contribution in [-0.2, 0) is 10.8 Å². The van der Waals surface area contributed by atoms with Gasteiger partial charge in [-0.1, -0.05) is 6.07 Å². The molecule has 0 saturated heterocycles. The Kier molecular flexibility index (Phi) is 5.44. The molecule has 122 valence electrons. The smallest absolute Gasteiger partial charge is 0.319 e. The average molecular weight is 338 g/mol. The lowest BCUT2D eigenvalue weighted by Crippen LogP contribution is -2.31. The average Bonchev–Trinajstić information content (AvgIpc) is 2.50. The first-order valence-electron chi connectivity index (χ1n) is 6.83. The molecule has 2 aromatic rings. The number of rotatable bonds is 4. The van der Waals surface area contributed by atoms with Crippen molar-refractivity contribution in [3.63, 3.8) is 0 Å². The molecule has 2 amide bonds. The van der Waals surface area contributed by atoms with Gasteiger partial charge in [0, 0.05) is 27.6 Å². The van der Waals surface area contributed by atoms with E-state index in [9.17, 15) is 17.8 Å². The summed E-state index contributed by atoms with van der Waals surface area (Å²) in [4.78, 5) is 12.6. The third-order valence-corrected chi connectivity index (χ3v) is 4.17. The maximum absolute atomic E-state index is 13.2. The van der Waals surface area contributed by atoms with Crippen LogP contribution in [0.1, 0.15) is 18.5 Å². The van der Waals surface area contributed by atoms with Crippen molar-refractivity contribution in [3.8, 4) is 0 Å². The Balaban J connectivity index is 1.98. The molecule has 0 heterocycles. The molecule has 0 unspecified atom stereocenters. The summed E-state index contributed by atoms with van der Waals surface area (Å²) in [5, 5.41) is 5.25. The highest BCUT2D eigenvalue weighted by atomic mass is 32.2. The molecule has 23 heavy (non-hydrogen) atoms. The van der Waals surface area contributed by atoms with Crippen molar-refractivity contribution in [1.82, 2.24) is 5.32 Å². The SMILES string of the molecule is C[C@@H](NC(=O)Nc1ccc([S@@](C)=O)cc1)c1ccc(F)c(F)c1. The molecule has 0 spiro atoms. The summed E-state index contributed by atoms with van der Waals surface area (Å²) < 4.78 is 37.4. The van der Waals surface area contributed by atoms with Crippen LogP contribution in [0.4, 0.5) is 19.3 Å². The minimum atomic E-state index is -1.08. The normalized spacial score (nSPS) is 13.2. The number of carbonyl (C=O) groups excluding carboxylic acids is 1. The lowest BCUT2D eigenvalue weighted by Gasteiger charge is -2.15. The van der Waals surface area contributed by atoms with Crippen LogP contribution >= 0.6 is 0 Å². The number of anilines is 1.